The Labute approximate surface area is 167 Å². The van der Waals surface area contributed by atoms with Crippen molar-refractivity contribution in [3.63, 3.8) is 0 Å². The van der Waals surface area contributed by atoms with Crippen LogP contribution in [0.3, 0.4) is 0 Å². The molecule has 5 aromatic rings. The molecule has 0 saturated heterocycles. The van der Waals surface area contributed by atoms with Gasteiger partial charge < -0.3 is 9.72 Å². The van der Waals surface area contributed by atoms with Crippen LogP contribution >= 0.6 is 0 Å². The van der Waals surface area contributed by atoms with Crippen LogP contribution in [-0.2, 0) is 4.74 Å². The number of fused-ring (bicyclic) bond motifs is 4. The maximum absolute atomic E-state index is 12.5. The molecule has 0 bridgehead atoms. The topological polar surface area (TPSA) is 67.9 Å². The number of methoxy groups -OCH3 is 1. The first-order chi connectivity index (χ1) is 14.1. The third-order valence-electron chi connectivity index (χ3n) is 5.36. The summed E-state index contributed by atoms with van der Waals surface area (Å²) in [5.41, 5.74) is 6.37. The molecule has 0 aliphatic heterocycles. The quantitative estimate of drug-likeness (QED) is 0.419. The number of aromatic amines is 1. The van der Waals surface area contributed by atoms with Crippen molar-refractivity contribution in [3.8, 4) is 11.4 Å². The van der Waals surface area contributed by atoms with Crippen molar-refractivity contribution >= 4 is 38.7 Å². The number of nitrogens with zero attached hydrogens (tertiary/aromatic N) is 2. The summed E-state index contributed by atoms with van der Waals surface area (Å²) in [4.78, 5) is 25.5. The van der Waals surface area contributed by atoms with E-state index in [2.05, 4.69) is 30.1 Å². The van der Waals surface area contributed by atoms with Gasteiger partial charge >= 0.3 is 5.97 Å². The molecule has 0 spiro atoms. The molecule has 0 fully saturated rings. The Bertz CT molecular complexity index is 1430. The van der Waals surface area contributed by atoms with E-state index in [0.29, 0.717) is 17.1 Å². The number of pyridine rings is 2. The van der Waals surface area contributed by atoms with Gasteiger partial charge in [-0.15, -0.1) is 0 Å². The lowest BCUT2D eigenvalue weighted by Gasteiger charge is -2.10. The molecular weight excluding hydrogens is 362 g/mol. The lowest BCUT2D eigenvalue weighted by atomic mass is 10.0. The lowest BCUT2D eigenvalue weighted by molar-refractivity contribution is 0.0593. The van der Waals surface area contributed by atoms with Gasteiger partial charge in [-0.05, 0) is 43.7 Å². The summed E-state index contributed by atoms with van der Waals surface area (Å²) in [6.45, 7) is 3.97. The van der Waals surface area contributed by atoms with E-state index in [1.54, 1.807) is 0 Å². The molecule has 0 aliphatic carbocycles. The molecule has 5 nitrogen and oxygen atoms in total. The zero-order chi connectivity index (χ0) is 20.1. The number of hydrogen-bond acceptors (Lipinski definition) is 4. The smallest absolute Gasteiger partial charge is 0.356 e. The third-order valence-corrected chi connectivity index (χ3v) is 5.36. The third kappa shape index (κ3) is 2.66. The van der Waals surface area contributed by atoms with Crippen molar-refractivity contribution in [2.45, 2.75) is 13.8 Å². The van der Waals surface area contributed by atoms with Gasteiger partial charge in [-0.25, -0.2) is 14.8 Å². The zero-order valence-electron chi connectivity index (χ0n) is 16.4. The maximum Gasteiger partial charge on any atom is 0.356 e. The fraction of sp³-hybridized carbons (Fsp3) is 0.125. The molecule has 5 rings (SSSR count). The van der Waals surface area contributed by atoms with Crippen LogP contribution in [0.4, 0.5) is 0 Å². The molecule has 3 aromatic heterocycles. The number of ether oxygens (including phenoxy) is 1. The van der Waals surface area contributed by atoms with E-state index < -0.39 is 5.97 Å². The second-order valence-electron chi connectivity index (χ2n) is 7.24. The average Bonchev–Trinajstić information content (AvgIpc) is 3.12. The van der Waals surface area contributed by atoms with Crippen LogP contribution in [0, 0.1) is 13.8 Å². The monoisotopic (exact) mass is 381 g/mol. The number of carbonyl (C=O) groups is 1. The summed E-state index contributed by atoms with van der Waals surface area (Å²) in [6, 6.07) is 18.2. The molecular formula is C24H19N3O2. The number of H-pyrrole nitrogens is 1. The summed E-state index contributed by atoms with van der Waals surface area (Å²) in [6.07, 6.45) is 0. The number of hydrogen-bond donors (Lipinski definition) is 1. The van der Waals surface area contributed by atoms with Gasteiger partial charge in [0.1, 0.15) is 5.69 Å². The Balaban J connectivity index is 1.91. The number of aromatic nitrogens is 3. The lowest BCUT2D eigenvalue weighted by Crippen LogP contribution is -2.08. The molecule has 0 unspecified atom stereocenters. The number of carbonyl (C=O) groups excluding carboxylic acids is 1. The van der Waals surface area contributed by atoms with Crippen LogP contribution in [0.1, 0.15) is 21.6 Å². The van der Waals surface area contributed by atoms with Gasteiger partial charge in [-0.3, -0.25) is 0 Å². The Kier molecular flexibility index (Phi) is 3.84. The van der Waals surface area contributed by atoms with E-state index >= 15 is 0 Å². The van der Waals surface area contributed by atoms with Crippen molar-refractivity contribution < 1.29 is 9.53 Å². The molecule has 0 amide bonds. The van der Waals surface area contributed by atoms with Gasteiger partial charge in [-0.2, -0.15) is 0 Å². The van der Waals surface area contributed by atoms with Crippen molar-refractivity contribution in [2.24, 2.45) is 0 Å². The predicted octanol–water partition coefficient (Wildman–Crippen LogP) is 5.33. The number of para-hydroxylation sites is 1. The standard InChI is InChI=1S/C24H19N3O2/c1-13-8-10-18-16(12-13)20-14(2)21(24(28)29-3)27-22(23(20)26-18)19-11-9-15-6-4-5-7-17(15)25-19/h4-12,26H,1-3H3. The van der Waals surface area contributed by atoms with E-state index in [4.69, 9.17) is 14.7 Å². The van der Waals surface area contributed by atoms with Crippen molar-refractivity contribution in [1.29, 1.82) is 0 Å². The Morgan fingerprint density at radius 3 is 2.66 bits per heavy atom. The summed E-state index contributed by atoms with van der Waals surface area (Å²) in [5, 5.41) is 3.09. The Hall–Kier alpha value is -3.73. The summed E-state index contributed by atoms with van der Waals surface area (Å²) < 4.78 is 5.01. The van der Waals surface area contributed by atoms with Gasteiger partial charge in [-0.1, -0.05) is 35.9 Å². The van der Waals surface area contributed by atoms with Crippen molar-refractivity contribution in [2.75, 3.05) is 7.11 Å². The first-order valence-electron chi connectivity index (χ1n) is 9.44. The molecule has 29 heavy (non-hydrogen) atoms. The number of nitrogens with one attached hydrogen (secondary N) is 1. The Morgan fingerprint density at radius 2 is 1.83 bits per heavy atom. The highest BCUT2D eigenvalue weighted by molar-refractivity contribution is 6.14. The molecule has 5 heteroatoms. The van der Waals surface area contributed by atoms with Crippen LogP contribution < -0.4 is 0 Å². The highest BCUT2D eigenvalue weighted by Crippen LogP contribution is 2.36. The second-order valence-corrected chi connectivity index (χ2v) is 7.24. The SMILES string of the molecule is COC(=O)c1nc(-c2ccc3ccccc3n2)c2[nH]c3ccc(C)cc3c2c1C. The molecule has 0 aliphatic rings. The molecule has 3 heterocycles. The first-order valence-corrected chi connectivity index (χ1v) is 9.44. The summed E-state index contributed by atoms with van der Waals surface area (Å²) >= 11 is 0. The normalized spacial score (nSPS) is 11.4. The average molecular weight is 381 g/mol. The number of esters is 1. The van der Waals surface area contributed by atoms with Crippen molar-refractivity contribution in [1.82, 2.24) is 15.0 Å². The molecule has 0 atom stereocenters. The second kappa shape index (κ2) is 6.41. The van der Waals surface area contributed by atoms with Gasteiger partial charge in [0.2, 0.25) is 0 Å². The van der Waals surface area contributed by atoms with E-state index in [1.165, 1.54) is 7.11 Å². The molecule has 0 radical (unpaired) electrons. The van der Waals surface area contributed by atoms with E-state index in [1.807, 2.05) is 43.3 Å². The largest absolute Gasteiger partial charge is 0.464 e. The summed E-state index contributed by atoms with van der Waals surface area (Å²) in [7, 11) is 1.38. The van der Waals surface area contributed by atoms with Gasteiger partial charge in [0, 0.05) is 21.7 Å². The molecule has 0 saturated carbocycles. The number of rotatable bonds is 2. The van der Waals surface area contributed by atoms with Crippen LogP contribution in [0.15, 0.2) is 54.6 Å². The van der Waals surface area contributed by atoms with Crippen LogP contribution in [0.2, 0.25) is 0 Å². The molecule has 142 valence electrons. The first kappa shape index (κ1) is 17.4. The van der Waals surface area contributed by atoms with Crippen molar-refractivity contribution in [3.05, 3.63) is 71.4 Å². The zero-order valence-corrected chi connectivity index (χ0v) is 16.4. The van der Waals surface area contributed by atoms with Crippen LogP contribution in [0.5, 0.6) is 0 Å². The molecule has 2 aromatic carbocycles. The molecule has 1 N–H and O–H groups in total. The number of benzene rings is 2. The fourth-order valence-electron chi connectivity index (χ4n) is 3.92. The Morgan fingerprint density at radius 1 is 1.00 bits per heavy atom. The maximum atomic E-state index is 12.5. The van der Waals surface area contributed by atoms with E-state index in [-0.39, 0.29) is 0 Å². The minimum atomic E-state index is -0.451. The fourth-order valence-corrected chi connectivity index (χ4v) is 3.92. The van der Waals surface area contributed by atoms with E-state index in [9.17, 15) is 4.79 Å². The van der Waals surface area contributed by atoms with E-state index in [0.717, 1.165) is 43.8 Å². The summed E-state index contributed by atoms with van der Waals surface area (Å²) in [5.74, 6) is -0.451. The minimum Gasteiger partial charge on any atom is -0.464 e. The van der Waals surface area contributed by atoms with Crippen LogP contribution in [0.25, 0.3) is 44.1 Å². The highest BCUT2D eigenvalue weighted by Gasteiger charge is 2.22. The van der Waals surface area contributed by atoms with Crippen LogP contribution in [-0.4, -0.2) is 28.0 Å². The van der Waals surface area contributed by atoms with Gasteiger partial charge in [0.15, 0.2) is 5.69 Å². The minimum absolute atomic E-state index is 0.312. The number of aryl methyl sites for hydroxylation is 2. The van der Waals surface area contributed by atoms with Gasteiger partial charge in [0.05, 0.1) is 23.8 Å². The highest BCUT2D eigenvalue weighted by atomic mass is 16.5. The predicted molar refractivity (Wildman–Crippen MR) is 115 cm³/mol. The van der Waals surface area contributed by atoms with Gasteiger partial charge in [0.25, 0.3) is 0 Å².